The smallest absolute Gasteiger partial charge is 0.0743 e. The van der Waals surface area contributed by atoms with Crippen LogP contribution in [0.3, 0.4) is 0 Å². The van der Waals surface area contributed by atoms with Crippen LogP contribution >= 0.6 is 31.9 Å². The summed E-state index contributed by atoms with van der Waals surface area (Å²) in [5.41, 5.74) is 0. The first kappa shape index (κ1) is 10.4. The fourth-order valence-corrected chi connectivity index (χ4v) is 3.60. The molecule has 0 radical (unpaired) electrons. The Morgan fingerprint density at radius 3 is 2.69 bits per heavy atom. The Balaban J connectivity index is 2.05. The van der Waals surface area contributed by atoms with Crippen molar-refractivity contribution in [2.24, 2.45) is 0 Å². The molecule has 2 heterocycles. The number of halogens is 2. The molecule has 5 unspecified atom stereocenters. The van der Waals surface area contributed by atoms with Crippen molar-refractivity contribution in [3.63, 3.8) is 0 Å². The van der Waals surface area contributed by atoms with Gasteiger partial charge in [0.2, 0.25) is 0 Å². The Morgan fingerprint density at radius 1 is 1.23 bits per heavy atom. The van der Waals surface area contributed by atoms with Gasteiger partial charge in [0.05, 0.1) is 17.0 Å². The molecule has 4 heteroatoms. The normalized spacial score (nSPS) is 50.5. The van der Waals surface area contributed by atoms with E-state index in [1.807, 2.05) is 7.05 Å². The second-order valence-electron chi connectivity index (χ2n) is 3.88. The first-order valence-electron chi connectivity index (χ1n) is 4.83. The topological polar surface area (TPSA) is 21.3 Å². The fourth-order valence-electron chi connectivity index (χ4n) is 2.29. The van der Waals surface area contributed by atoms with Crippen LogP contribution in [0.1, 0.15) is 19.3 Å². The lowest BCUT2D eigenvalue weighted by Crippen LogP contribution is -2.54. The Labute approximate surface area is 96.0 Å². The molecule has 2 aliphatic heterocycles. The van der Waals surface area contributed by atoms with E-state index in [-0.39, 0.29) is 0 Å². The van der Waals surface area contributed by atoms with Gasteiger partial charge < -0.3 is 10.1 Å². The van der Waals surface area contributed by atoms with Gasteiger partial charge in [-0.25, -0.2) is 0 Å². The maximum absolute atomic E-state index is 5.97. The largest absolute Gasteiger partial charge is 0.372 e. The van der Waals surface area contributed by atoms with Crippen LogP contribution in [-0.2, 0) is 4.74 Å². The summed E-state index contributed by atoms with van der Waals surface area (Å²) in [4.78, 5) is 1.05. The third kappa shape index (κ3) is 1.96. The van der Waals surface area contributed by atoms with Gasteiger partial charge in [0.15, 0.2) is 0 Å². The zero-order valence-corrected chi connectivity index (χ0v) is 10.8. The first-order valence-corrected chi connectivity index (χ1v) is 6.66. The molecule has 2 rings (SSSR count). The number of hydrogen-bond acceptors (Lipinski definition) is 2. The summed E-state index contributed by atoms with van der Waals surface area (Å²) in [5, 5.41) is 3.33. The van der Waals surface area contributed by atoms with E-state index in [0.717, 1.165) is 6.42 Å². The van der Waals surface area contributed by atoms with E-state index in [0.29, 0.717) is 27.9 Å². The van der Waals surface area contributed by atoms with Crippen LogP contribution in [0.5, 0.6) is 0 Å². The van der Waals surface area contributed by atoms with E-state index in [4.69, 9.17) is 4.74 Å². The van der Waals surface area contributed by atoms with Crippen molar-refractivity contribution in [3.8, 4) is 0 Å². The monoisotopic (exact) mass is 311 g/mol. The van der Waals surface area contributed by atoms with Crippen LogP contribution in [0.15, 0.2) is 0 Å². The molecule has 2 saturated heterocycles. The Bertz CT molecular complexity index is 188. The molecule has 0 aromatic rings. The van der Waals surface area contributed by atoms with Crippen LogP contribution in [0.25, 0.3) is 0 Å². The minimum Gasteiger partial charge on any atom is -0.372 e. The van der Waals surface area contributed by atoms with E-state index in [1.54, 1.807) is 0 Å². The second kappa shape index (κ2) is 4.17. The average molecular weight is 313 g/mol. The van der Waals surface area contributed by atoms with Crippen molar-refractivity contribution in [1.82, 2.24) is 5.32 Å². The van der Waals surface area contributed by atoms with E-state index in [2.05, 4.69) is 37.2 Å². The van der Waals surface area contributed by atoms with Gasteiger partial charge in [-0.1, -0.05) is 31.9 Å². The van der Waals surface area contributed by atoms with Crippen molar-refractivity contribution >= 4 is 31.9 Å². The quantitative estimate of drug-likeness (QED) is 0.748. The molecular weight excluding hydrogens is 298 g/mol. The lowest BCUT2D eigenvalue weighted by Gasteiger charge is -2.45. The molecule has 0 amide bonds. The van der Waals surface area contributed by atoms with Gasteiger partial charge in [0.1, 0.15) is 0 Å². The number of rotatable bonds is 1. The molecule has 0 aromatic carbocycles. The first-order chi connectivity index (χ1) is 6.22. The predicted molar refractivity (Wildman–Crippen MR) is 60.8 cm³/mol. The molecular formula is C9H15Br2NO. The van der Waals surface area contributed by atoms with Crippen molar-refractivity contribution in [2.45, 2.75) is 47.2 Å². The minimum atomic E-state index is 0.405. The zero-order chi connectivity index (χ0) is 9.42. The van der Waals surface area contributed by atoms with Crippen molar-refractivity contribution in [2.75, 3.05) is 7.05 Å². The lowest BCUT2D eigenvalue weighted by atomic mass is 9.88. The molecule has 2 aliphatic rings. The molecule has 0 saturated carbocycles. The summed E-state index contributed by atoms with van der Waals surface area (Å²) < 4.78 is 5.97. The molecule has 5 atom stereocenters. The third-order valence-corrected chi connectivity index (χ3v) is 5.97. The summed E-state index contributed by atoms with van der Waals surface area (Å²) in [7, 11) is 2.03. The highest BCUT2D eigenvalue weighted by atomic mass is 79.9. The van der Waals surface area contributed by atoms with Gasteiger partial charge >= 0.3 is 0 Å². The molecule has 13 heavy (non-hydrogen) atoms. The van der Waals surface area contributed by atoms with E-state index in [9.17, 15) is 0 Å². The number of nitrogens with one attached hydrogen (secondary N) is 1. The summed E-state index contributed by atoms with van der Waals surface area (Å²) in [6.45, 7) is 0. The lowest BCUT2D eigenvalue weighted by molar-refractivity contribution is -0.0905. The van der Waals surface area contributed by atoms with Crippen molar-refractivity contribution in [1.29, 1.82) is 0 Å². The molecule has 0 aliphatic carbocycles. The number of fused-ring (bicyclic) bond motifs is 2. The van der Waals surface area contributed by atoms with Gasteiger partial charge in [0, 0.05) is 10.9 Å². The molecule has 0 spiro atoms. The average Bonchev–Trinajstić information content (AvgIpc) is 2.15. The highest BCUT2D eigenvalue weighted by Gasteiger charge is 2.42. The molecule has 0 aromatic heterocycles. The van der Waals surface area contributed by atoms with Gasteiger partial charge in [0.25, 0.3) is 0 Å². The van der Waals surface area contributed by atoms with Gasteiger partial charge in [-0.05, 0) is 26.3 Å². The minimum absolute atomic E-state index is 0.405. The van der Waals surface area contributed by atoms with Crippen LogP contribution in [0.2, 0.25) is 0 Å². The van der Waals surface area contributed by atoms with Crippen molar-refractivity contribution in [3.05, 3.63) is 0 Å². The van der Waals surface area contributed by atoms with Gasteiger partial charge in [-0.3, -0.25) is 0 Å². The van der Waals surface area contributed by atoms with E-state index >= 15 is 0 Å². The standard InChI is InChI=1S/C9H15Br2NO/c1-12-6-2-3-7-9(11)5(10)4-8(6)13-7/h5-9,12H,2-4H2,1H3. The summed E-state index contributed by atoms with van der Waals surface area (Å²) in [6.07, 6.45) is 4.33. The van der Waals surface area contributed by atoms with Crippen LogP contribution in [0.4, 0.5) is 0 Å². The second-order valence-corrected chi connectivity index (χ2v) is 6.12. The Hall–Kier alpha value is 0.880. The van der Waals surface area contributed by atoms with Crippen molar-refractivity contribution < 1.29 is 4.74 Å². The summed E-state index contributed by atoms with van der Waals surface area (Å²) in [6, 6.07) is 0.552. The Kier molecular flexibility index (Phi) is 3.34. The molecule has 2 fully saturated rings. The summed E-state index contributed by atoms with van der Waals surface area (Å²) in [5.74, 6) is 0. The molecule has 76 valence electrons. The number of ether oxygens (including phenoxy) is 1. The van der Waals surface area contributed by atoms with Crippen LogP contribution in [0, 0.1) is 0 Å². The number of likely N-dealkylation sites (N-methyl/N-ethyl adjacent to an activating group) is 1. The summed E-state index contributed by atoms with van der Waals surface area (Å²) >= 11 is 7.40. The van der Waals surface area contributed by atoms with Gasteiger partial charge in [-0.15, -0.1) is 0 Å². The van der Waals surface area contributed by atoms with Gasteiger partial charge in [-0.2, -0.15) is 0 Å². The Morgan fingerprint density at radius 2 is 2.00 bits per heavy atom. The van der Waals surface area contributed by atoms with Crippen LogP contribution in [-0.4, -0.2) is 35.0 Å². The van der Waals surface area contributed by atoms with Crippen LogP contribution < -0.4 is 5.32 Å². The molecule has 2 nitrogen and oxygen atoms in total. The van der Waals surface area contributed by atoms with E-state index < -0.39 is 0 Å². The molecule has 2 bridgehead atoms. The molecule has 1 N–H and O–H groups in total. The fraction of sp³-hybridized carbons (Fsp3) is 1.00. The maximum atomic E-state index is 5.97. The maximum Gasteiger partial charge on any atom is 0.0743 e. The third-order valence-electron chi connectivity index (χ3n) is 3.09. The predicted octanol–water partition coefficient (Wildman–Crippen LogP) is 2.05. The van der Waals surface area contributed by atoms with E-state index in [1.165, 1.54) is 12.8 Å². The highest BCUT2D eigenvalue weighted by Crippen LogP contribution is 2.38. The SMILES string of the molecule is CNC1CCC2OC1CC(Br)C2Br. The highest BCUT2D eigenvalue weighted by molar-refractivity contribution is 9.12. The zero-order valence-electron chi connectivity index (χ0n) is 7.67. The number of alkyl halides is 2. The number of hydrogen-bond donors (Lipinski definition) is 1.